The number of amides is 1. The van der Waals surface area contributed by atoms with Crippen LogP contribution >= 0.6 is 11.5 Å². The summed E-state index contributed by atoms with van der Waals surface area (Å²) in [5, 5.41) is 21.3. The Kier molecular flexibility index (Phi) is 6.79. The molecule has 0 fully saturated rings. The normalized spacial score (nSPS) is 10.5. The minimum Gasteiger partial charge on any atom is -0.367 e. The fraction of sp³-hybridized carbons (Fsp3) is 0.333. The van der Waals surface area contributed by atoms with Crippen molar-refractivity contribution >= 4 is 34.9 Å². The maximum Gasteiger partial charge on any atom is 0.265 e. The number of pyridine rings is 1. The number of hydrogen-bond acceptors (Lipinski definition) is 9. The van der Waals surface area contributed by atoms with Crippen molar-refractivity contribution in [3.63, 3.8) is 0 Å². The molecule has 3 N–H and O–H groups in total. The van der Waals surface area contributed by atoms with E-state index >= 15 is 0 Å². The standard InChI is InChI=1S/C18H22N8OS/c1-3-4-13-17(28-26-23-13)18(27)20-10-9-19-15-7-8-16(25-24-15)22-14-6-5-12(2)11-21-14/h5-8,11H,3-4,9-10H2,1-2H3,(H,19,24)(H,20,27)(H,21,22,25). The molecule has 0 aromatic carbocycles. The van der Waals surface area contributed by atoms with Gasteiger partial charge in [-0.25, -0.2) is 4.98 Å². The molecule has 1 amide bonds. The van der Waals surface area contributed by atoms with Gasteiger partial charge in [-0.2, -0.15) is 0 Å². The third kappa shape index (κ3) is 5.43. The van der Waals surface area contributed by atoms with Crippen LogP contribution in [0.4, 0.5) is 17.5 Å². The maximum atomic E-state index is 12.2. The zero-order chi connectivity index (χ0) is 19.8. The van der Waals surface area contributed by atoms with Gasteiger partial charge in [0.2, 0.25) is 0 Å². The molecule has 28 heavy (non-hydrogen) atoms. The molecule has 0 aliphatic heterocycles. The topological polar surface area (TPSA) is 118 Å². The smallest absolute Gasteiger partial charge is 0.265 e. The summed E-state index contributed by atoms with van der Waals surface area (Å²) < 4.78 is 3.87. The number of hydrogen-bond donors (Lipinski definition) is 3. The summed E-state index contributed by atoms with van der Waals surface area (Å²) >= 11 is 1.13. The lowest BCUT2D eigenvalue weighted by atomic mass is 10.2. The second kappa shape index (κ2) is 9.70. The Hall–Kier alpha value is -3.14. The molecule has 0 aliphatic carbocycles. The Bertz CT molecular complexity index is 895. The average Bonchev–Trinajstić information content (AvgIpc) is 3.17. The first-order valence-corrected chi connectivity index (χ1v) is 9.79. The molecule has 0 saturated heterocycles. The molecule has 0 aliphatic rings. The number of anilines is 3. The lowest BCUT2D eigenvalue weighted by molar-refractivity contribution is 0.0958. The van der Waals surface area contributed by atoms with Gasteiger partial charge in [0, 0.05) is 19.3 Å². The summed E-state index contributed by atoms with van der Waals surface area (Å²) in [5.74, 6) is 1.80. The number of carbonyl (C=O) groups excluding carboxylic acids is 1. The SMILES string of the molecule is CCCc1nnsc1C(=O)NCCNc1ccc(Nc2ccc(C)cn2)nn1. The first-order chi connectivity index (χ1) is 13.7. The minimum absolute atomic E-state index is 0.142. The van der Waals surface area contributed by atoms with Crippen LogP contribution in [0.2, 0.25) is 0 Å². The van der Waals surface area contributed by atoms with E-state index in [0.717, 1.165) is 35.6 Å². The zero-order valence-electron chi connectivity index (χ0n) is 15.8. The fourth-order valence-corrected chi connectivity index (χ4v) is 3.02. The van der Waals surface area contributed by atoms with Crippen LogP contribution in [-0.4, -0.2) is 43.8 Å². The van der Waals surface area contributed by atoms with E-state index in [2.05, 4.69) is 40.7 Å². The number of carbonyl (C=O) groups is 1. The van der Waals surface area contributed by atoms with Crippen LogP contribution < -0.4 is 16.0 Å². The van der Waals surface area contributed by atoms with Crippen LogP contribution in [0, 0.1) is 6.92 Å². The average molecular weight is 398 g/mol. The highest BCUT2D eigenvalue weighted by Crippen LogP contribution is 2.13. The van der Waals surface area contributed by atoms with E-state index in [0.29, 0.717) is 35.4 Å². The summed E-state index contributed by atoms with van der Waals surface area (Å²) in [6.07, 6.45) is 3.47. The number of aromatic nitrogens is 5. The molecular formula is C18H22N8OS. The molecule has 3 rings (SSSR count). The predicted molar refractivity (Wildman–Crippen MR) is 109 cm³/mol. The molecule has 9 nitrogen and oxygen atoms in total. The van der Waals surface area contributed by atoms with Crippen molar-refractivity contribution in [2.75, 3.05) is 23.7 Å². The quantitative estimate of drug-likeness (QED) is 0.471. The van der Waals surface area contributed by atoms with Gasteiger partial charge in [-0.1, -0.05) is 23.9 Å². The van der Waals surface area contributed by atoms with Gasteiger partial charge in [0.15, 0.2) is 5.82 Å². The van der Waals surface area contributed by atoms with E-state index in [4.69, 9.17) is 0 Å². The van der Waals surface area contributed by atoms with Gasteiger partial charge < -0.3 is 16.0 Å². The summed E-state index contributed by atoms with van der Waals surface area (Å²) in [4.78, 5) is 17.1. The van der Waals surface area contributed by atoms with Crippen LogP contribution in [0.25, 0.3) is 0 Å². The van der Waals surface area contributed by atoms with Crippen molar-refractivity contribution in [3.8, 4) is 0 Å². The first-order valence-electron chi connectivity index (χ1n) is 9.02. The van der Waals surface area contributed by atoms with E-state index in [1.54, 1.807) is 6.20 Å². The Labute approximate surface area is 167 Å². The van der Waals surface area contributed by atoms with Gasteiger partial charge in [0.25, 0.3) is 5.91 Å². The van der Waals surface area contributed by atoms with Crippen molar-refractivity contribution in [2.24, 2.45) is 0 Å². The lowest BCUT2D eigenvalue weighted by Gasteiger charge is -2.08. The van der Waals surface area contributed by atoms with E-state index in [1.165, 1.54) is 0 Å². The molecule has 10 heteroatoms. The highest BCUT2D eigenvalue weighted by Gasteiger charge is 2.14. The predicted octanol–water partition coefficient (Wildman–Crippen LogP) is 2.57. The lowest BCUT2D eigenvalue weighted by Crippen LogP contribution is -2.29. The Balaban J connectivity index is 1.43. The van der Waals surface area contributed by atoms with Crippen molar-refractivity contribution in [1.82, 2.24) is 30.1 Å². The van der Waals surface area contributed by atoms with Crippen LogP contribution in [0.3, 0.4) is 0 Å². The molecule has 0 radical (unpaired) electrons. The van der Waals surface area contributed by atoms with Gasteiger partial charge in [-0.05, 0) is 48.6 Å². The van der Waals surface area contributed by atoms with Crippen molar-refractivity contribution < 1.29 is 4.79 Å². The van der Waals surface area contributed by atoms with Gasteiger partial charge in [-0.15, -0.1) is 15.3 Å². The molecule has 3 heterocycles. The van der Waals surface area contributed by atoms with Gasteiger partial charge in [0.1, 0.15) is 16.5 Å². The molecule has 0 atom stereocenters. The van der Waals surface area contributed by atoms with Gasteiger partial charge in [-0.3, -0.25) is 4.79 Å². The largest absolute Gasteiger partial charge is 0.367 e. The summed E-state index contributed by atoms with van der Waals surface area (Å²) in [6.45, 7) is 5.02. The highest BCUT2D eigenvalue weighted by atomic mass is 32.1. The zero-order valence-corrected chi connectivity index (χ0v) is 16.6. The fourth-order valence-electron chi connectivity index (χ4n) is 2.39. The molecule has 0 bridgehead atoms. The molecule has 0 spiro atoms. The van der Waals surface area contributed by atoms with E-state index < -0.39 is 0 Å². The number of nitrogens with one attached hydrogen (secondary N) is 3. The molecule has 3 aromatic rings. The molecule has 146 valence electrons. The van der Waals surface area contributed by atoms with Crippen LogP contribution in [0.1, 0.15) is 34.3 Å². The first kappa shape index (κ1) is 19.6. The Morgan fingerprint density at radius 2 is 1.82 bits per heavy atom. The van der Waals surface area contributed by atoms with E-state index in [-0.39, 0.29) is 5.91 Å². The highest BCUT2D eigenvalue weighted by molar-refractivity contribution is 7.08. The molecule has 3 aromatic heterocycles. The summed E-state index contributed by atoms with van der Waals surface area (Å²) in [6, 6.07) is 7.49. The third-order valence-electron chi connectivity index (χ3n) is 3.80. The van der Waals surface area contributed by atoms with Gasteiger partial charge in [0.05, 0.1) is 5.69 Å². The summed E-state index contributed by atoms with van der Waals surface area (Å²) in [7, 11) is 0. The monoisotopic (exact) mass is 398 g/mol. The second-order valence-corrected chi connectivity index (χ2v) is 6.89. The van der Waals surface area contributed by atoms with Crippen LogP contribution in [0.5, 0.6) is 0 Å². The molecule has 0 saturated carbocycles. The summed E-state index contributed by atoms with van der Waals surface area (Å²) in [5.41, 5.74) is 1.85. The Morgan fingerprint density at radius 3 is 2.54 bits per heavy atom. The molecular weight excluding hydrogens is 376 g/mol. The maximum absolute atomic E-state index is 12.2. The van der Waals surface area contributed by atoms with Gasteiger partial charge >= 0.3 is 0 Å². The minimum atomic E-state index is -0.142. The number of rotatable bonds is 9. The van der Waals surface area contributed by atoms with E-state index in [9.17, 15) is 4.79 Å². The van der Waals surface area contributed by atoms with Crippen molar-refractivity contribution in [3.05, 3.63) is 46.6 Å². The number of aryl methyl sites for hydroxylation is 2. The Morgan fingerprint density at radius 1 is 1.04 bits per heavy atom. The van der Waals surface area contributed by atoms with Crippen LogP contribution in [-0.2, 0) is 6.42 Å². The van der Waals surface area contributed by atoms with Crippen LogP contribution in [0.15, 0.2) is 30.5 Å². The van der Waals surface area contributed by atoms with E-state index in [1.807, 2.05) is 38.1 Å². The third-order valence-corrected chi connectivity index (χ3v) is 4.56. The second-order valence-electron chi connectivity index (χ2n) is 6.13. The molecule has 0 unspecified atom stereocenters. The van der Waals surface area contributed by atoms with Crippen molar-refractivity contribution in [1.29, 1.82) is 0 Å². The van der Waals surface area contributed by atoms with Crippen molar-refractivity contribution in [2.45, 2.75) is 26.7 Å². The number of nitrogens with zero attached hydrogens (tertiary/aromatic N) is 5.